The van der Waals surface area contributed by atoms with Gasteiger partial charge in [0.1, 0.15) is 0 Å². The average molecular weight is 384 g/mol. The Hall–Kier alpha value is -3.26. The van der Waals surface area contributed by atoms with Crippen LogP contribution in [0.5, 0.6) is 0 Å². The van der Waals surface area contributed by atoms with Gasteiger partial charge in [-0.05, 0) is 51.1 Å². The number of benzene rings is 2. The van der Waals surface area contributed by atoms with Crippen molar-refractivity contribution in [3.8, 4) is 0 Å². The lowest BCUT2D eigenvalue weighted by Gasteiger charge is -2.23. The molecule has 0 fully saturated rings. The second kappa shape index (κ2) is 9.09. The van der Waals surface area contributed by atoms with Crippen molar-refractivity contribution in [2.24, 2.45) is 0 Å². The Morgan fingerprint density at radius 2 is 1.64 bits per heavy atom. The van der Waals surface area contributed by atoms with Gasteiger partial charge in [0.15, 0.2) is 0 Å². The first-order chi connectivity index (χ1) is 13.2. The fourth-order valence-corrected chi connectivity index (χ4v) is 2.67. The first kappa shape index (κ1) is 21.0. The van der Waals surface area contributed by atoms with Crippen molar-refractivity contribution in [1.29, 1.82) is 0 Å². The smallest absolute Gasteiger partial charge is 0.269 e. The highest BCUT2D eigenvalue weighted by Crippen LogP contribution is 2.19. The number of nitrogens with one attached hydrogen (secondary N) is 2. The molecule has 0 radical (unpaired) electrons. The summed E-state index contributed by atoms with van der Waals surface area (Å²) in [5.74, 6) is -0.522. The molecule has 2 aromatic carbocycles. The molecule has 28 heavy (non-hydrogen) atoms. The Morgan fingerprint density at radius 3 is 2.18 bits per heavy atom. The maximum absolute atomic E-state index is 12.4. The van der Waals surface area contributed by atoms with E-state index in [4.69, 9.17) is 0 Å². The lowest BCUT2D eigenvalue weighted by molar-refractivity contribution is -0.384. The first-order valence-electron chi connectivity index (χ1n) is 8.80. The summed E-state index contributed by atoms with van der Waals surface area (Å²) >= 11 is 0. The van der Waals surface area contributed by atoms with Crippen molar-refractivity contribution in [2.75, 3.05) is 24.2 Å². The van der Waals surface area contributed by atoms with E-state index in [9.17, 15) is 19.7 Å². The molecule has 2 aromatic rings. The quantitative estimate of drug-likeness (QED) is 0.564. The molecule has 0 unspecified atom stereocenters. The Morgan fingerprint density at radius 1 is 1.07 bits per heavy atom. The first-order valence-corrected chi connectivity index (χ1v) is 8.80. The SMILES string of the molecule is Cc1cccc(C)c1NC(=O)CN(C)[C@H](C)C(=O)Nc1ccc([N+](=O)[O-])cc1. The van der Waals surface area contributed by atoms with Crippen LogP contribution in [-0.4, -0.2) is 41.3 Å². The molecule has 0 saturated carbocycles. The van der Waals surface area contributed by atoms with E-state index in [1.807, 2.05) is 32.0 Å². The number of carbonyl (C=O) groups excluding carboxylic acids is 2. The number of hydrogen-bond acceptors (Lipinski definition) is 5. The van der Waals surface area contributed by atoms with Crippen LogP contribution in [0.15, 0.2) is 42.5 Å². The number of carbonyl (C=O) groups is 2. The van der Waals surface area contributed by atoms with Crippen LogP contribution < -0.4 is 10.6 Å². The molecule has 0 heterocycles. The Balaban J connectivity index is 1.93. The highest BCUT2D eigenvalue weighted by atomic mass is 16.6. The topological polar surface area (TPSA) is 105 Å². The summed E-state index contributed by atoms with van der Waals surface area (Å²) < 4.78 is 0. The fraction of sp³-hybridized carbons (Fsp3) is 0.300. The lowest BCUT2D eigenvalue weighted by atomic mass is 10.1. The van der Waals surface area contributed by atoms with Crippen molar-refractivity contribution >= 4 is 28.9 Å². The van der Waals surface area contributed by atoms with E-state index in [0.29, 0.717) is 5.69 Å². The number of nitrogens with zero attached hydrogens (tertiary/aromatic N) is 2. The predicted octanol–water partition coefficient (Wildman–Crippen LogP) is 3.11. The minimum Gasteiger partial charge on any atom is -0.325 e. The summed E-state index contributed by atoms with van der Waals surface area (Å²) in [6, 6.07) is 10.8. The molecule has 2 N–H and O–H groups in total. The molecule has 0 bridgehead atoms. The molecule has 0 aliphatic heterocycles. The molecule has 0 aromatic heterocycles. The Bertz CT molecular complexity index is 860. The van der Waals surface area contributed by atoms with E-state index >= 15 is 0 Å². The zero-order valence-electron chi connectivity index (χ0n) is 16.4. The number of anilines is 2. The predicted molar refractivity (Wildman–Crippen MR) is 108 cm³/mol. The van der Waals surface area contributed by atoms with Gasteiger partial charge >= 0.3 is 0 Å². The normalized spacial score (nSPS) is 11.8. The second-order valence-electron chi connectivity index (χ2n) is 6.70. The van der Waals surface area contributed by atoms with E-state index < -0.39 is 11.0 Å². The third-order valence-corrected chi connectivity index (χ3v) is 4.52. The molecule has 0 saturated heterocycles. The second-order valence-corrected chi connectivity index (χ2v) is 6.70. The zero-order chi connectivity index (χ0) is 20.8. The molecule has 2 rings (SSSR count). The van der Waals surface area contributed by atoms with Gasteiger partial charge in [0, 0.05) is 23.5 Å². The molecule has 148 valence electrons. The molecule has 1 atom stereocenters. The van der Waals surface area contributed by atoms with Crippen LogP contribution in [0.3, 0.4) is 0 Å². The number of rotatable bonds is 7. The van der Waals surface area contributed by atoms with Gasteiger partial charge < -0.3 is 10.6 Å². The minimum atomic E-state index is -0.570. The van der Waals surface area contributed by atoms with E-state index in [-0.39, 0.29) is 24.0 Å². The van der Waals surface area contributed by atoms with Crippen LogP contribution in [-0.2, 0) is 9.59 Å². The lowest BCUT2D eigenvalue weighted by Crippen LogP contribution is -2.43. The largest absolute Gasteiger partial charge is 0.325 e. The van der Waals surface area contributed by atoms with Crippen molar-refractivity contribution in [1.82, 2.24) is 4.90 Å². The number of para-hydroxylation sites is 1. The maximum atomic E-state index is 12.4. The molecule has 0 aliphatic rings. The van der Waals surface area contributed by atoms with Gasteiger partial charge in [0.25, 0.3) is 5.69 Å². The van der Waals surface area contributed by atoms with Crippen molar-refractivity contribution in [3.63, 3.8) is 0 Å². The molecule has 0 spiro atoms. The van der Waals surface area contributed by atoms with Crippen molar-refractivity contribution < 1.29 is 14.5 Å². The zero-order valence-corrected chi connectivity index (χ0v) is 16.4. The summed E-state index contributed by atoms with van der Waals surface area (Å²) in [6.45, 7) is 5.58. The van der Waals surface area contributed by atoms with Crippen LogP contribution in [0.4, 0.5) is 17.1 Å². The molecule has 8 nitrogen and oxygen atoms in total. The van der Waals surface area contributed by atoms with Gasteiger partial charge in [0.2, 0.25) is 11.8 Å². The number of non-ortho nitro benzene ring substituents is 1. The number of aryl methyl sites for hydroxylation is 2. The standard InChI is InChI=1S/C20H24N4O4/c1-13-6-5-7-14(2)19(13)22-18(25)12-23(4)15(3)20(26)21-16-8-10-17(11-9-16)24(27)28/h5-11,15H,12H2,1-4H3,(H,21,26)(H,22,25)/t15-/m1/s1. The third-order valence-electron chi connectivity index (χ3n) is 4.52. The summed E-state index contributed by atoms with van der Waals surface area (Å²) in [6.07, 6.45) is 0. The monoisotopic (exact) mass is 384 g/mol. The van der Waals surface area contributed by atoms with Gasteiger partial charge in [-0.1, -0.05) is 18.2 Å². The maximum Gasteiger partial charge on any atom is 0.269 e. The summed E-state index contributed by atoms with van der Waals surface area (Å²) in [5.41, 5.74) is 3.13. The van der Waals surface area contributed by atoms with Crippen LogP contribution in [0.2, 0.25) is 0 Å². The van der Waals surface area contributed by atoms with Gasteiger partial charge in [-0.3, -0.25) is 24.6 Å². The van der Waals surface area contributed by atoms with Crippen molar-refractivity contribution in [3.05, 3.63) is 63.7 Å². The summed E-state index contributed by atoms with van der Waals surface area (Å²) in [4.78, 5) is 36.6. The number of amides is 2. The van der Waals surface area contributed by atoms with Gasteiger partial charge in [-0.15, -0.1) is 0 Å². The van der Waals surface area contributed by atoms with Crippen LogP contribution in [0, 0.1) is 24.0 Å². The van der Waals surface area contributed by atoms with E-state index in [1.165, 1.54) is 24.3 Å². The van der Waals surface area contributed by atoms with E-state index in [2.05, 4.69) is 10.6 Å². The Kier molecular flexibility index (Phi) is 6.84. The fourth-order valence-electron chi connectivity index (χ4n) is 2.67. The number of hydrogen-bond donors (Lipinski definition) is 2. The minimum absolute atomic E-state index is 0.0443. The Labute approximate surface area is 163 Å². The molecule has 2 amide bonds. The number of likely N-dealkylation sites (N-methyl/N-ethyl adjacent to an activating group) is 1. The van der Waals surface area contributed by atoms with E-state index in [1.54, 1.807) is 18.9 Å². The molecular formula is C20H24N4O4. The van der Waals surface area contributed by atoms with Crippen LogP contribution in [0.1, 0.15) is 18.1 Å². The van der Waals surface area contributed by atoms with Crippen LogP contribution in [0.25, 0.3) is 0 Å². The molecular weight excluding hydrogens is 360 g/mol. The number of nitro groups is 1. The molecule has 0 aliphatic carbocycles. The number of nitro benzene ring substituents is 1. The highest BCUT2D eigenvalue weighted by molar-refractivity contribution is 5.96. The van der Waals surface area contributed by atoms with Gasteiger partial charge in [-0.2, -0.15) is 0 Å². The highest BCUT2D eigenvalue weighted by Gasteiger charge is 2.21. The average Bonchev–Trinajstić information content (AvgIpc) is 2.64. The van der Waals surface area contributed by atoms with Crippen molar-refractivity contribution in [2.45, 2.75) is 26.8 Å². The van der Waals surface area contributed by atoms with Crippen LogP contribution >= 0.6 is 0 Å². The summed E-state index contributed by atoms with van der Waals surface area (Å²) in [7, 11) is 1.68. The third kappa shape index (κ3) is 5.37. The summed E-state index contributed by atoms with van der Waals surface area (Å²) in [5, 5.41) is 16.3. The van der Waals surface area contributed by atoms with Gasteiger partial charge in [0.05, 0.1) is 17.5 Å². The van der Waals surface area contributed by atoms with E-state index in [0.717, 1.165) is 16.8 Å². The molecule has 8 heteroatoms. The van der Waals surface area contributed by atoms with Gasteiger partial charge in [-0.25, -0.2) is 0 Å².